The Hall–Kier alpha value is -0.850. The van der Waals surface area contributed by atoms with Gasteiger partial charge < -0.3 is 26.6 Å². The summed E-state index contributed by atoms with van der Waals surface area (Å²) in [6, 6.07) is -0.973. The van der Waals surface area contributed by atoms with E-state index in [1.54, 1.807) is 0 Å². The van der Waals surface area contributed by atoms with Crippen LogP contribution >= 0.6 is 0 Å². The fourth-order valence-electron chi connectivity index (χ4n) is 4.97. The van der Waals surface area contributed by atoms with Crippen LogP contribution in [0.2, 0.25) is 0 Å². The summed E-state index contributed by atoms with van der Waals surface area (Å²) >= 11 is 0. The zero-order chi connectivity index (χ0) is 15.0. The topological polar surface area (TPSA) is 108 Å². The molecular formula is C15H27N3O3. The van der Waals surface area contributed by atoms with Crippen molar-refractivity contribution in [2.45, 2.75) is 43.7 Å². The molecule has 4 aliphatic rings. The predicted molar refractivity (Wildman–Crippen MR) is 78.5 cm³/mol. The summed E-state index contributed by atoms with van der Waals surface area (Å²) < 4.78 is 0. The standard InChI is InChI=1S/C15H27N3O3/c16-15(8-17-14(21)18-13(6-19)7-20)11-2-9-1-10(4-11)5-12(15)3-9/h9-13,19-20H,1-8,16H2,(H2,17,18,21). The predicted octanol–water partition coefficient (Wildman–Crippen LogP) is -0.208. The molecule has 6 heteroatoms. The van der Waals surface area contributed by atoms with E-state index in [1.807, 2.05) is 0 Å². The van der Waals surface area contributed by atoms with E-state index in [0.29, 0.717) is 18.4 Å². The summed E-state index contributed by atoms with van der Waals surface area (Å²) in [5.74, 6) is 2.76. The first kappa shape index (κ1) is 15.1. The van der Waals surface area contributed by atoms with E-state index in [1.165, 1.54) is 32.1 Å². The van der Waals surface area contributed by atoms with E-state index in [2.05, 4.69) is 10.6 Å². The van der Waals surface area contributed by atoms with Crippen molar-refractivity contribution in [3.63, 3.8) is 0 Å². The van der Waals surface area contributed by atoms with Crippen molar-refractivity contribution >= 4 is 6.03 Å². The number of hydrogen-bond acceptors (Lipinski definition) is 4. The van der Waals surface area contributed by atoms with Crippen LogP contribution < -0.4 is 16.4 Å². The van der Waals surface area contributed by atoms with Gasteiger partial charge in [0.05, 0.1) is 19.3 Å². The molecule has 4 fully saturated rings. The maximum Gasteiger partial charge on any atom is 0.315 e. The molecule has 4 aliphatic carbocycles. The van der Waals surface area contributed by atoms with Gasteiger partial charge in [-0.25, -0.2) is 4.79 Å². The number of carbonyl (C=O) groups excluding carboxylic acids is 1. The second-order valence-electron chi connectivity index (χ2n) is 7.31. The van der Waals surface area contributed by atoms with Gasteiger partial charge in [-0.05, 0) is 55.8 Å². The molecule has 6 N–H and O–H groups in total. The quantitative estimate of drug-likeness (QED) is 0.484. The van der Waals surface area contributed by atoms with E-state index in [0.717, 1.165) is 11.8 Å². The maximum absolute atomic E-state index is 11.8. The molecule has 0 unspecified atom stereocenters. The highest BCUT2D eigenvalue weighted by Gasteiger charge is 2.55. The van der Waals surface area contributed by atoms with E-state index in [-0.39, 0.29) is 24.8 Å². The summed E-state index contributed by atoms with van der Waals surface area (Å²) in [4.78, 5) is 11.8. The Morgan fingerprint density at radius 2 is 1.62 bits per heavy atom. The summed E-state index contributed by atoms with van der Waals surface area (Å²) in [5.41, 5.74) is 6.42. The first-order valence-corrected chi connectivity index (χ1v) is 8.10. The molecule has 0 saturated heterocycles. The number of hydrogen-bond donors (Lipinski definition) is 5. The summed E-state index contributed by atoms with van der Waals surface area (Å²) in [5, 5.41) is 23.4. The van der Waals surface area contributed by atoms with Crippen LogP contribution in [0.5, 0.6) is 0 Å². The van der Waals surface area contributed by atoms with Crippen LogP contribution in [0, 0.1) is 23.7 Å². The number of carbonyl (C=O) groups is 1. The van der Waals surface area contributed by atoms with Gasteiger partial charge in [0.15, 0.2) is 0 Å². The van der Waals surface area contributed by atoms with Crippen molar-refractivity contribution in [2.75, 3.05) is 19.8 Å². The van der Waals surface area contributed by atoms with E-state index in [9.17, 15) is 4.79 Å². The minimum absolute atomic E-state index is 0.272. The number of nitrogens with one attached hydrogen (secondary N) is 2. The molecule has 4 rings (SSSR count). The molecule has 2 amide bonds. The molecule has 0 aromatic carbocycles. The van der Waals surface area contributed by atoms with E-state index < -0.39 is 6.04 Å². The van der Waals surface area contributed by atoms with Gasteiger partial charge in [-0.3, -0.25) is 0 Å². The van der Waals surface area contributed by atoms with E-state index >= 15 is 0 Å². The van der Waals surface area contributed by atoms with Gasteiger partial charge in [0.25, 0.3) is 0 Å². The third kappa shape index (κ3) is 2.76. The van der Waals surface area contributed by atoms with Gasteiger partial charge in [0, 0.05) is 12.1 Å². The van der Waals surface area contributed by atoms with Crippen LogP contribution in [0.4, 0.5) is 4.79 Å². The normalized spacial score (nSPS) is 40.6. The molecule has 4 bridgehead atoms. The third-order valence-corrected chi connectivity index (χ3v) is 5.99. The first-order valence-electron chi connectivity index (χ1n) is 8.10. The first-order chi connectivity index (χ1) is 10.0. The molecular weight excluding hydrogens is 270 g/mol. The molecule has 0 heterocycles. The molecule has 0 atom stereocenters. The lowest BCUT2D eigenvalue weighted by Crippen LogP contribution is -2.67. The van der Waals surface area contributed by atoms with Crippen LogP contribution in [0.25, 0.3) is 0 Å². The van der Waals surface area contributed by atoms with Crippen LogP contribution in [-0.2, 0) is 0 Å². The zero-order valence-electron chi connectivity index (χ0n) is 12.4. The Morgan fingerprint density at radius 1 is 1.10 bits per heavy atom. The Labute approximate surface area is 125 Å². The molecule has 0 radical (unpaired) electrons. The molecule has 0 aromatic heterocycles. The highest BCUT2D eigenvalue weighted by Crippen LogP contribution is 2.57. The fraction of sp³-hybridized carbons (Fsp3) is 0.933. The SMILES string of the molecule is NC1(CNC(=O)NC(CO)CO)C2CC3CC(C2)CC1C3. The lowest BCUT2D eigenvalue weighted by atomic mass is 9.49. The van der Waals surface area contributed by atoms with Gasteiger partial charge >= 0.3 is 6.03 Å². The van der Waals surface area contributed by atoms with Crippen molar-refractivity contribution < 1.29 is 15.0 Å². The molecule has 4 saturated carbocycles. The number of urea groups is 1. The molecule has 6 nitrogen and oxygen atoms in total. The minimum atomic E-state index is -0.614. The number of aliphatic hydroxyl groups is 2. The second kappa shape index (κ2) is 5.74. The highest BCUT2D eigenvalue weighted by molar-refractivity contribution is 5.74. The third-order valence-electron chi connectivity index (χ3n) is 5.99. The lowest BCUT2D eigenvalue weighted by molar-refractivity contribution is -0.0530. The lowest BCUT2D eigenvalue weighted by Gasteiger charge is -2.59. The Balaban J connectivity index is 1.56. The van der Waals surface area contributed by atoms with Crippen LogP contribution in [-0.4, -0.2) is 47.6 Å². The minimum Gasteiger partial charge on any atom is -0.394 e. The number of nitrogens with two attached hydrogens (primary N) is 1. The molecule has 120 valence electrons. The Bertz CT molecular complexity index is 370. The fourth-order valence-corrected chi connectivity index (χ4v) is 4.97. The van der Waals surface area contributed by atoms with Crippen LogP contribution in [0.15, 0.2) is 0 Å². The van der Waals surface area contributed by atoms with Crippen molar-refractivity contribution in [1.29, 1.82) is 0 Å². The Morgan fingerprint density at radius 3 is 2.10 bits per heavy atom. The second-order valence-corrected chi connectivity index (χ2v) is 7.31. The van der Waals surface area contributed by atoms with Crippen molar-refractivity contribution in [3.05, 3.63) is 0 Å². The summed E-state index contributed by atoms with van der Waals surface area (Å²) in [6.45, 7) is -0.0597. The zero-order valence-corrected chi connectivity index (χ0v) is 12.4. The average molecular weight is 297 g/mol. The van der Waals surface area contributed by atoms with Crippen molar-refractivity contribution in [1.82, 2.24) is 10.6 Å². The molecule has 0 spiro atoms. The van der Waals surface area contributed by atoms with Gasteiger partial charge in [-0.15, -0.1) is 0 Å². The van der Waals surface area contributed by atoms with Gasteiger partial charge in [0.1, 0.15) is 0 Å². The molecule has 0 aromatic rings. The largest absolute Gasteiger partial charge is 0.394 e. The molecule has 0 aliphatic heterocycles. The number of amides is 2. The summed E-state index contributed by atoms with van der Waals surface area (Å²) in [7, 11) is 0. The van der Waals surface area contributed by atoms with Crippen molar-refractivity contribution in [2.24, 2.45) is 29.4 Å². The summed E-state index contributed by atoms with van der Waals surface area (Å²) in [6.07, 6.45) is 6.22. The Kier molecular flexibility index (Phi) is 4.12. The van der Waals surface area contributed by atoms with E-state index in [4.69, 9.17) is 15.9 Å². The van der Waals surface area contributed by atoms with Gasteiger partial charge in [0.2, 0.25) is 0 Å². The maximum atomic E-state index is 11.8. The molecule has 21 heavy (non-hydrogen) atoms. The average Bonchev–Trinajstić information content (AvgIpc) is 2.47. The number of aliphatic hydroxyl groups excluding tert-OH is 2. The highest BCUT2D eigenvalue weighted by atomic mass is 16.3. The van der Waals surface area contributed by atoms with Gasteiger partial charge in [-0.1, -0.05) is 0 Å². The van der Waals surface area contributed by atoms with Gasteiger partial charge in [-0.2, -0.15) is 0 Å². The smallest absolute Gasteiger partial charge is 0.315 e. The van der Waals surface area contributed by atoms with Crippen LogP contribution in [0.1, 0.15) is 32.1 Å². The monoisotopic (exact) mass is 297 g/mol. The van der Waals surface area contributed by atoms with Crippen molar-refractivity contribution in [3.8, 4) is 0 Å². The van der Waals surface area contributed by atoms with Crippen LogP contribution in [0.3, 0.4) is 0 Å². The number of rotatable bonds is 5.